The van der Waals surface area contributed by atoms with E-state index >= 15 is 0 Å². The predicted octanol–water partition coefficient (Wildman–Crippen LogP) is 4.05. The first kappa shape index (κ1) is 12.9. The maximum atomic E-state index is 12.3. The molecule has 5 atom stereocenters. The number of hydrogen-bond donors (Lipinski definition) is 0. The van der Waals surface area contributed by atoms with Crippen molar-refractivity contribution in [2.24, 2.45) is 23.2 Å². The van der Waals surface area contributed by atoms with Crippen molar-refractivity contribution in [1.82, 2.24) is 0 Å². The van der Waals surface area contributed by atoms with Gasteiger partial charge >= 0.3 is 5.97 Å². The molecule has 0 N–H and O–H groups in total. The fourth-order valence-corrected chi connectivity index (χ4v) is 6.62. The summed E-state index contributed by atoms with van der Waals surface area (Å²) in [6, 6.07) is 0. The average Bonchev–Trinajstić information content (AvgIpc) is 3.07. The van der Waals surface area contributed by atoms with Crippen molar-refractivity contribution in [2.45, 2.75) is 48.6 Å². The van der Waals surface area contributed by atoms with E-state index in [1.165, 1.54) is 19.3 Å². The van der Waals surface area contributed by atoms with E-state index in [0.717, 1.165) is 17.9 Å². The van der Waals surface area contributed by atoms with Gasteiger partial charge < -0.3 is 4.74 Å². The Balaban J connectivity index is 1.91. The van der Waals surface area contributed by atoms with E-state index < -0.39 is 5.60 Å². The summed E-state index contributed by atoms with van der Waals surface area (Å²) in [6.45, 7) is 2.04. The SMILES string of the molecule is C[C@@]12OC(=O)[C@H]3CCC[C@H](I)[C@@H](C=C1Cl)C1(CC1)[C@H]32. The molecule has 0 unspecified atom stereocenters. The average molecular weight is 393 g/mol. The van der Waals surface area contributed by atoms with Gasteiger partial charge in [0.2, 0.25) is 0 Å². The largest absolute Gasteiger partial charge is 0.453 e. The highest BCUT2D eigenvalue weighted by Crippen LogP contribution is 2.71. The minimum absolute atomic E-state index is 0.00196. The Bertz CT molecular complexity index is 485. The molecule has 4 rings (SSSR count). The van der Waals surface area contributed by atoms with E-state index in [0.29, 0.717) is 21.2 Å². The van der Waals surface area contributed by atoms with Gasteiger partial charge in [-0.1, -0.05) is 46.7 Å². The van der Waals surface area contributed by atoms with Gasteiger partial charge in [0.05, 0.1) is 11.0 Å². The van der Waals surface area contributed by atoms with Gasteiger partial charge in [-0.15, -0.1) is 0 Å². The number of carbonyl (C=O) groups excluding carboxylic acids is 1. The van der Waals surface area contributed by atoms with Crippen molar-refractivity contribution in [1.29, 1.82) is 0 Å². The van der Waals surface area contributed by atoms with Crippen LogP contribution in [0.2, 0.25) is 0 Å². The summed E-state index contributed by atoms with van der Waals surface area (Å²) in [5.74, 6) is 0.933. The molecule has 2 saturated carbocycles. The third-order valence-corrected chi connectivity index (χ3v) is 7.81. The summed E-state index contributed by atoms with van der Waals surface area (Å²) in [5, 5.41) is 0.777. The molecule has 104 valence electrons. The Kier molecular flexibility index (Phi) is 2.66. The second-order valence-corrected chi connectivity index (χ2v) is 8.84. The fraction of sp³-hybridized carbons (Fsp3) is 0.800. The lowest BCUT2D eigenvalue weighted by molar-refractivity contribution is -0.147. The topological polar surface area (TPSA) is 26.3 Å². The lowest BCUT2D eigenvalue weighted by Crippen LogP contribution is -2.49. The molecule has 1 heterocycles. The third kappa shape index (κ3) is 1.52. The molecule has 3 fully saturated rings. The summed E-state index contributed by atoms with van der Waals surface area (Å²) < 4.78 is 6.42. The molecule has 1 saturated heterocycles. The Morgan fingerprint density at radius 1 is 1.42 bits per heavy atom. The minimum atomic E-state index is -0.538. The second-order valence-electron chi connectivity index (χ2n) is 6.83. The first-order chi connectivity index (χ1) is 8.99. The molecule has 19 heavy (non-hydrogen) atoms. The predicted molar refractivity (Wildman–Crippen MR) is 82.2 cm³/mol. The molecule has 1 spiro atoms. The lowest BCUT2D eigenvalue weighted by atomic mass is 9.59. The molecule has 4 aliphatic rings. The maximum Gasteiger partial charge on any atom is 0.310 e. The van der Waals surface area contributed by atoms with Gasteiger partial charge in [0.25, 0.3) is 0 Å². The molecule has 0 aromatic rings. The molecule has 4 heteroatoms. The highest BCUT2D eigenvalue weighted by molar-refractivity contribution is 14.1. The van der Waals surface area contributed by atoms with E-state index in [9.17, 15) is 4.79 Å². The van der Waals surface area contributed by atoms with Gasteiger partial charge in [-0.3, -0.25) is 4.79 Å². The van der Waals surface area contributed by atoms with Crippen LogP contribution in [0.5, 0.6) is 0 Å². The van der Waals surface area contributed by atoms with E-state index in [4.69, 9.17) is 16.3 Å². The number of carbonyl (C=O) groups is 1. The van der Waals surface area contributed by atoms with Crippen molar-refractivity contribution in [3.8, 4) is 0 Å². The lowest BCUT2D eigenvalue weighted by Gasteiger charge is -2.47. The Morgan fingerprint density at radius 3 is 2.84 bits per heavy atom. The van der Waals surface area contributed by atoms with E-state index in [1.54, 1.807) is 0 Å². The Morgan fingerprint density at radius 2 is 2.16 bits per heavy atom. The summed E-state index contributed by atoms with van der Waals surface area (Å²) in [7, 11) is 0. The molecule has 0 aromatic carbocycles. The molecule has 1 aliphatic heterocycles. The highest BCUT2D eigenvalue weighted by atomic mass is 127. The van der Waals surface area contributed by atoms with Crippen LogP contribution in [0.1, 0.15) is 39.0 Å². The summed E-state index contributed by atoms with van der Waals surface area (Å²) in [5.41, 5.74) is -0.236. The van der Waals surface area contributed by atoms with Crippen LogP contribution in [0.4, 0.5) is 0 Å². The number of alkyl halides is 1. The van der Waals surface area contributed by atoms with Gasteiger partial charge in [-0.2, -0.15) is 0 Å². The normalized spacial score (nSPS) is 50.3. The quantitative estimate of drug-likeness (QED) is 0.353. The van der Waals surface area contributed by atoms with Crippen molar-refractivity contribution >= 4 is 40.2 Å². The van der Waals surface area contributed by atoms with Crippen molar-refractivity contribution in [3.63, 3.8) is 0 Å². The van der Waals surface area contributed by atoms with E-state index in [2.05, 4.69) is 28.7 Å². The van der Waals surface area contributed by atoms with Crippen molar-refractivity contribution < 1.29 is 9.53 Å². The van der Waals surface area contributed by atoms with Crippen LogP contribution in [0.3, 0.4) is 0 Å². The van der Waals surface area contributed by atoms with Crippen LogP contribution in [0.15, 0.2) is 11.1 Å². The smallest absolute Gasteiger partial charge is 0.310 e. The number of rotatable bonds is 0. The van der Waals surface area contributed by atoms with Gasteiger partial charge in [0, 0.05) is 9.84 Å². The summed E-state index contributed by atoms with van der Waals surface area (Å²) in [4.78, 5) is 12.3. The number of ether oxygens (including phenoxy) is 1. The summed E-state index contributed by atoms with van der Waals surface area (Å²) >= 11 is 9.14. The molecule has 2 bridgehead atoms. The van der Waals surface area contributed by atoms with E-state index in [1.807, 2.05) is 6.92 Å². The van der Waals surface area contributed by atoms with Crippen LogP contribution in [-0.2, 0) is 9.53 Å². The highest BCUT2D eigenvalue weighted by Gasteiger charge is 2.71. The first-order valence-electron chi connectivity index (χ1n) is 7.24. The number of esters is 1. The zero-order valence-electron chi connectivity index (χ0n) is 11.0. The standard InChI is InChI=1S/C15H18ClIO2/c1-14-11(16)7-9-10(17)4-2-3-8(13(18)19-14)12(14)15(9)5-6-15/h7-10,12H,2-6H2,1H3/t8-,9+,10-,12+,14+/m0/s1. The van der Waals surface area contributed by atoms with E-state index in [-0.39, 0.29) is 11.9 Å². The Hall–Kier alpha value is 0.230. The zero-order chi connectivity index (χ0) is 13.4. The fourth-order valence-electron chi connectivity index (χ4n) is 4.96. The minimum Gasteiger partial charge on any atom is -0.453 e. The van der Waals surface area contributed by atoms with Crippen LogP contribution in [-0.4, -0.2) is 15.5 Å². The number of allylic oxidation sites excluding steroid dienone is 1. The third-order valence-electron chi connectivity index (χ3n) is 5.91. The zero-order valence-corrected chi connectivity index (χ0v) is 13.9. The van der Waals surface area contributed by atoms with Gasteiger partial charge in [-0.05, 0) is 43.9 Å². The molecule has 0 amide bonds. The first-order valence-corrected chi connectivity index (χ1v) is 8.86. The van der Waals surface area contributed by atoms with Gasteiger partial charge in [0.1, 0.15) is 5.60 Å². The molecule has 2 nitrogen and oxygen atoms in total. The van der Waals surface area contributed by atoms with Crippen LogP contribution in [0, 0.1) is 23.2 Å². The van der Waals surface area contributed by atoms with Crippen LogP contribution in [0.25, 0.3) is 0 Å². The number of hydrogen-bond acceptors (Lipinski definition) is 2. The van der Waals surface area contributed by atoms with Crippen LogP contribution < -0.4 is 0 Å². The van der Waals surface area contributed by atoms with Crippen LogP contribution >= 0.6 is 34.2 Å². The molecule has 0 aromatic heterocycles. The van der Waals surface area contributed by atoms with Gasteiger partial charge in [0.15, 0.2) is 0 Å². The molecule has 3 aliphatic carbocycles. The Labute approximate surface area is 132 Å². The monoisotopic (exact) mass is 392 g/mol. The maximum absolute atomic E-state index is 12.3. The molecule has 0 radical (unpaired) electrons. The number of halogens is 2. The molecular formula is C15H18ClIO2. The molecular weight excluding hydrogens is 375 g/mol. The summed E-state index contributed by atoms with van der Waals surface area (Å²) in [6.07, 6.45) is 8.02. The second kappa shape index (κ2) is 3.90. The van der Waals surface area contributed by atoms with Gasteiger partial charge in [-0.25, -0.2) is 0 Å². The van der Waals surface area contributed by atoms with Crippen molar-refractivity contribution in [2.75, 3.05) is 0 Å². The van der Waals surface area contributed by atoms with Crippen molar-refractivity contribution in [3.05, 3.63) is 11.1 Å².